The molecule has 0 aromatic heterocycles. The zero-order valence-corrected chi connectivity index (χ0v) is 20.9. The van der Waals surface area contributed by atoms with E-state index >= 15 is 0 Å². The third kappa shape index (κ3) is 13.7. The third-order valence-corrected chi connectivity index (χ3v) is 5.25. The molecule has 1 unspecified atom stereocenters. The second-order valence-corrected chi connectivity index (χ2v) is 8.06. The van der Waals surface area contributed by atoms with Gasteiger partial charge in [0.2, 0.25) is 0 Å². The van der Waals surface area contributed by atoms with Crippen LogP contribution in [-0.4, -0.2) is 44.3 Å². The van der Waals surface area contributed by atoms with Gasteiger partial charge in [0.15, 0.2) is 12.4 Å². The fourth-order valence-corrected chi connectivity index (χ4v) is 3.26. The number of benzene rings is 1. The van der Waals surface area contributed by atoms with Crippen LogP contribution in [0.15, 0.2) is 36.4 Å². The molecule has 0 bridgehead atoms. The van der Waals surface area contributed by atoms with Crippen LogP contribution in [0.5, 0.6) is 5.75 Å². The molecule has 0 spiro atoms. The SMILES string of the molecule is CCC=CCCOC(=O)OC(CCCCCCC)CCC(=O)OCC(=O)c1ccc(OC)cc1. The minimum absolute atomic E-state index is 0.0576. The predicted molar refractivity (Wildman–Crippen MR) is 131 cm³/mol. The molecule has 0 heterocycles. The van der Waals surface area contributed by atoms with Crippen molar-refractivity contribution in [3.05, 3.63) is 42.0 Å². The van der Waals surface area contributed by atoms with Crippen molar-refractivity contribution >= 4 is 17.9 Å². The van der Waals surface area contributed by atoms with Gasteiger partial charge in [-0.25, -0.2) is 4.79 Å². The van der Waals surface area contributed by atoms with Gasteiger partial charge >= 0.3 is 12.1 Å². The number of allylic oxidation sites excluding steroid dienone is 1. The summed E-state index contributed by atoms with van der Waals surface area (Å²) in [6.07, 6.45) is 10.9. The summed E-state index contributed by atoms with van der Waals surface area (Å²) in [4.78, 5) is 36.4. The topological polar surface area (TPSA) is 88.1 Å². The molecule has 0 saturated heterocycles. The van der Waals surface area contributed by atoms with E-state index in [-0.39, 0.29) is 25.4 Å². The minimum Gasteiger partial charge on any atom is -0.497 e. The number of methoxy groups -OCH3 is 1. The van der Waals surface area contributed by atoms with Crippen molar-refractivity contribution in [2.75, 3.05) is 20.3 Å². The fourth-order valence-electron chi connectivity index (χ4n) is 3.26. The van der Waals surface area contributed by atoms with E-state index in [0.717, 1.165) is 32.1 Å². The fraction of sp³-hybridized carbons (Fsp3) is 0.593. The summed E-state index contributed by atoms with van der Waals surface area (Å²) in [6, 6.07) is 6.61. The maximum atomic E-state index is 12.2. The molecule has 0 amide bonds. The monoisotopic (exact) mass is 476 g/mol. The second-order valence-electron chi connectivity index (χ2n) is 8.06. The van der Waals surface area contributed by atoms with E-state index in [1.807, 2.05) is 19.1 Å². The van der Waals surface area contributed by atoms with Gasteiger partial charge in [0.05, 0.1) is 13.7 Å². The molecule has 0 radical (unpaired) electrons. The van der Waals surface area contributed by atoms with E-state index in [0.29, 0.717) is 30.6 Å². The van der Waals surface area contributed by atoms with Crippen LogP contribution in [-0.2, 0) is 19.0 Å². The molecule has 7 heteroatoms. The Labute approximate surface area is 203 Å². The highest BCUT2D eigenvalue weighted by atomic mass is 16.7. The van der Waals surface area contributed by atoms with Crippen molar-refractivity contribution in [2.24, 2.45) is 0 Å². The molecule has 1 aromatic rings. The van der Waals surface area contributed by atoms with Crippen LogP contribution < -0.4 is 4.74 Å². The standard InChI is InChI=1S/C27H40O7/c1-4-6-8-10-11-13-24(34-27(30)32-20-12-9-7-5-2)18-19-26(29)33-21-25(28)22-14-16-23(31-3)17-15-22/h7,9,14-17,24H,4-6,8,10-13,18-21H2,1-3H3. The smallest absolute Gasteiger partial charge is 0.497 e. The van der Waals surface area contributed by atoms with Crippen molar-refractivity contribution in [3.8, 4) is 5.75 Å². The van der Waals surface area contributed by atoms with Crippen LogP contribution in [0.1, 0.15) is 88.4 Å². The lowest BCUT2D eigenvalue weighted by Gasteiger charge is -2.17. The van der Waals surface area contributed by atoms with E-state index < -0.39 is 18.2 Å². The van der Waals surface area contributed by atoms with Gasteiger partial charge in [-0.1, -0.05) is 51.7 Å². The first-order chi connectivity index (χ1) is 16.5. The number of hydrogen-bond donors (Lipinski definition) is 0. The van der Waals surface area contributed by atoms with Crippen molar-refractivity contribution < 1.29 is 33.3 Å². The minimum atomic E-state index is -0.716. The molecule has 0 fully saturated rings. The largest absolute Gasteiger partial charge is 0.508 e. The third-order valence-electron chi connectivity index (χ3n) is 5.25. The molecule has 0 N–H and O–H groups in total. The zero-order chi connectivity index (χ0) is 25.0. The zero-order valence-electron chi connectivity index (χ0n) is 20.9. The Bertz CT molecular complexity index is 740. The van der Waals surface area contributed by atoms with Gasteiger partial charge in [-0.3, -0.25) is 9.59 Å². The van der Waals surface area contributed by atoms with E-state index in [9.17, 15) is 14.4 Å². The summed E-state index contributed by atoms with van der Waals surface area (Å²) in [7, 11) is 1.55. The number of esters is 1. The molecular weight excluding hydrogens is 436 g/mol. The van der Waals surface area contributed by atoms with Crippen molar-refractivity contribution in [1.29, 1.82) is 0 Å². The van der Waals surface area contributed by atoms with Gasteiger partial charge < -0.3 is 18.9 Å². The molecule has 190 valence electrons. The Morgan fingerprint density at radius 1 is 0.912 bits per heavy atom. The van der Waals surface area contributed by atoms with Crippen LogP contribution >= 0.6 is 0 Å². The van der Waals surface area contributed by atoms with Gasteiger partial charge in [-0.15, -0.1) is 0 Å². The normalized spacial score (nSPS) is 11.7. The molecule has 0 saturated carbocycles. The van der Waals surface area contributed by atoms with Gasteiger partial charge in [-0.2, -0.15) is 0 Å². The molecular formula is C27H40O7. The Morgan fingerprint density at radius 3 is 2.32 bits per heavy atom. The number of carbonyl (C=O) groups excluding carboxylic acids is 3. The van der Waals surface area contributed by atoms with Gasteiger partial charge in [0, 0.05) is 12.0 Å². The highest BCUT2D eigenvalue weighted by molar-refractivity contribution is 5.98. The molecule has 0 aliphatic heterocycles. The van der Waals surface area contributed by atoms with Gasteiger partial charge in [0.1, 0.15) is 11.9 Å². The van der Waals surface area contributed by atoms with Crippen LogP contribution in [0.3, 0.4) is 0 Å². The number of ketones is 1. The lowest BCUT2D eigenvalue weighted by molar-refractivity contribution is -0.143. The summed E-state index contributed by atoms with van der Waals surface area (Å²) >= 11 is 0. The Hall–Kier alpha value is -2.83. The predicted octanol–water partition coefficient (Wildman–Crippen LogP) is 6.44. The number of hydrogen-bond acceptors (Lipinski definition) is 7. The molecule has 7 nitrogen and oxygen atoms in total. The summed E-state index contributed by atoms with van der Waals surface area (Å²) in [5.41, 5.74) is 0.443. The molecule has 1 rings (SSSR count). The maximum absolute atomic E-state index is 12.2. The summed E-state index contributed by atoms with van der Waals surface area (Å²) in [5, 5.41) is 0. The second kappa shape index (κ2) is 18.6. The highest BCUT2D eigenvalue weighted by Gasteiger charge is 2.18. The van der Waals surface area contributed by atoms with E-state index in [1.54, 1.807) is 31.4 Å². The number of rotatable bonds is 18. The Morgan fingerprint density at radius 2 is 1.65 bits per heavy atom. The van der Waals surface area contributed by atoms with Crippen molar-refractivity contribution in [3.63, 3.8) is 0 Å². The summed E-state index contributed by atoms with van der Waals surface area (Å²) in [5.74, 6) is -0.148. The van der Waals surface area contributed by atoms with Gasteiger partial charge in [-0.05, 0) is 56.4 Å². The quantitative estimate of drug-likeness (QED) is 0.104. The average molecular weight is 477 g/mol. The average Bonchev–Trinajstić information content (AvgIpc) is 2.85. The van der Waals surface area contributed by atoms with E-state index in [1.165, 1.54) is 6.42 Å². The van der Waals surface area contributed by atoms with Crippen molar-refractivity contribution in [2.45, 2.75) is 84.2 Å². The molecule has 34 heavy (non-hydrogen) atoms. The number of unbranched alkanes of at least 4 members (excludes halogenated alkanes) is 4. The van der Waals surface area contributed by atoms with Crippen LogP contribution in [0.2, 0.25) is 0 Å². The molecule has 0 aliphatic rings. The van der Waals surface area contributed by atoms with Crippen LogP contribution in [0.25, 0.3) is 0 Å². The van der Waals surface area contributed by atoms with E-state index in [4.69, 9.17) is 18.9 Å². The summed E-state index contributed by atoms with van der Waals surface area (Å²) in [6.45, 7) is 4.12. The number of ether oxygens (including phenoxy) is 4. The van der Waals surface area contributed by atoms with Crippen LogP contribution in [0.4, 0.5) is 4.79 Å². The molecule has 1 aromatic carbocycles. The van der Waals surface area contributed by atoms with Crippen LogP contribution in [0, 0.1) is 0 Å². The first-order valence-corrected chi connectivity index (χ1v) is 12.3. The van der Waals surface area contributed by atoms with Gasteiger partial charge in [0.25, 0.3) is 0 Å². The Balaban J connectivity index is 2.45. The first-order valence-electron chi connectivity index (χ1n) is 12.3. The number of carbonyl (C=O) groups is 3. The highest BCUT2D eigenvalue weighted by Crippen LogP contribution is 2.16. The lowest BCUT2D eigenvalue weighted by atomic mass is 10.0. The van der Waals surface area contributed by atoms with E-state index in [2.05, 4.69) is 6.92 Å². The molecule has 0 aliphatic carbocycles. The summed E-state index contributed by atoms with van der Waals surface area (Å²) < 4.78 is 20.8. The first kappa shape index (κ1) is 29.2. The van der Waals surface area contributed by atoms with Crippen molar-refractivity contribution in [1.82, 2.24) is 0 Å². The Kier molecular flexibility index (Phi) is 16.0. The maximum Gasteiger partial charge on any atom is 0.508 e. The molecule has 1 atom stereocenters. The lowest BCUT2D eigenvalue weighted by Crippen LogP contribution is -2.22. The number of Topliss-reactive ketones (excluding diaryl/α,β-unsaturated/α-hetero) is 1.